The van der Waals surface area contributed by atoms with Crippen LogP contribution in [-0.2, 0) is 0 Å². The summed E-state index contributed by atoms with van der Waals surface area (Å²) in [5.74, 6) is 0. The first-order valence-corrected chi connectivity index (χ1v) is 4.50. The highest BCUT2D eigenvalue weighted by molar-refractivity contribution is 7.09. The summed E-state index contributed by atoms with van der Waals surface area (Å²) in [6.45, 7) is 9.93. The third-order valence-corrected chi connectivity index (χ3v) is 1.09. The molecule has 0 bridgehead atoms. The van der Waals surface area contributed by atoms with Crippen LogP contribution in [0.4, 0.5) is 0 Å². The van der Waals surface area contributed by atoms with Gasteiger partial charge in [-0.1, -0.05) is 27.7 Å². The van der Waals surface area contributed by atoms with Crippen molar-refractivity contribution in [2.75, 3.05) is 0 Å². The van der Waals surface area contributed by atoms with Crippen molar-refractivity contribution in [3.8, 4) is 0 Å². The molecule has 3 heteroatoms. The van der Waals surface area contributed by atoms with Crippen LogP contribution in [0.5, 0.6) is 0 Å². The molecule has 1 rings (SSSR count). The molecule has 0 saturated carbocycles. The van der Waals surface area contributed by atoms with E-state index in [1.807, 2.05) is 34.6 Å². The fourth-order valence-corrected chi connectivity index (χ4v) is 0.569. The average Bonchev–Trinajstić information content (AvgIpc) is 2.48. The Balaban J connectivity index is 0. The number of aromatic nitrogens is 2. The molecule has 1 aromatic rings. The molecule has 0 aliphatic heterocycles. The highest BCUT2D eigenvalue weighted by Gasteiger charge is 1.78. The first kappa shape index (κ1) is 12.3. The van der Waals surface area contributed by atoms with Crippen LogP contribution in [0.1, 0.15) is 32.7 Å². The maximum atomic E-state index is 3.69. The molecular weight excluding hydrogens is 144 g/mol. The van der Waals surface area contributed by atoms with E-state index in [4.69, 9.17) is 0 Å². The van der Waals surface area contributed by atoms with Gasteiger partial charge in [0, 0.05) is 0 Å². The van der Waals surface area contributed by atoms with Crippen molar-refractivity contribution >= 4 is 11.3 Å². The van der Waals surface area contributed by atoms with E-state index in [2.05, 4.69) is 10.2 Å². The summed E-state index contributed by atoms with van der Waals surface area (Å²) in [7, 11) is 0. The zero-order valence-corrected chi connectivity index (χ0v) is 8.20. The van der Waals surface area contributed by atoms with Gasteiger partial charge < -0.3 is 0 Å². The lowest BCUT2D eigenvalue weighted by Gasteiger charge is -1.61. The Morgan fingerprint density at radius 3 is 1.80 bits per heavy atom. The maximum Gasteiger partial charge on any atom is 0.114 e. The van der Waals surface area contributed by atoms with Gasteiger partial charge in [0.1, 0.15) is 10.5 Å². The highest BCUT2D eigenvalue weighted by Crippen LogP contribution is 1.94. The standard InChI is InChI=1S/C3H4N2S.2C2H6/c1-3-5-4-2-6-3;2*1-2/h2H,1H3;2*1-2H3. The highest BCUT2D eigenvalue weighted by atomic mass is 32.1. The van der Waals surface area contributed by atoms with Gasteiger partial charge in [-0.05, 0) is 6.92 Å². The van der Waals surface area contributed by atoms with Crippen LogP contribution < -0.4 is 0 Å². The molecule has 0 atom stereocenters. The Bertz CT molecular complexity index is 115. The monoisotopic (exact) mass is 160 g/mol. The van der Waals surface area contributed by atoms with Crippen molar-refractivity contribution in [2.45, 2.75) is 34.6 Å². The Hall–Kier alpha value is -0.440. The second-order valence-corrected chi connectivity index (χ2v) is 2.00. The van der Waals surface area contributed by atoms with E-state index in [0.717, 1.165) is 5.01 Å². The molecule has 10 heavy (non-hydrogen) atoms. The van der Waals surface area contributed by atoms with Crippen LogP contribution in [0.15, 0.2) is 5.51 Å². The molecule has 60 valence electrons. The summed E-state index contributed by atoms with van der Waals surface area (Å²) in [5.41, 5.74) is 1.72. The normalized spacial score (nSPS) is 6.50. The summed E-state index contributed by atoms with van der Waals surface area (Å²) in [4.78, 5) is 0. The number of hydrogen-bond donors (Lipinski definition) is 0. The number of rotatable bonds is 0. The lowest BCUT2D eigenvalue weighted by atomic mass is 10.9. The molecule has 0 radical (unpaired) electrons. The Morgan fingerprint density at radius 2 is 1.70 bits per heavy atom. The lowest BCUT2D eigenvalue weighted by molar-refractivity contribution is 1.05. The smallest absolute Gasteiger partial charge is 0.114 e. The molecule has 0 fully saturated rings. The van der Waals surface area contributed by atoms with Gasteiger partial charge in [0.15, 0.2) is 0 Å². The maximum absolute atomic E-state index is 3.69. The third-order valence-electron chi connectivity index (χ3n) is 0.469. The molecule has 0 aliphatic carbocycles. The molecule has 0 amide bonds. The average molecular weight is 160 g/mol. The summed E-state index contributed by atoms with van der Waals surface area (Å²) in [6.07, 6.45) is 0. The molecule has 0 aliphatic rings. The van der Waals surface area contributed by atoms with Crippen LogP contribution in [-0.4, -0.2) is 10.2 Å². The van der Waals surface area contributed by atoms with Gasteiger partial charge in [-0.2, -0.15) is 0 Å². The van der Waals surface area contributed by atoms with Crippen LogP contribution in [0.25, 0.3) is 0 Å². The predicted molar refractivity (Wildman–Crippen MR) is 47.3 cm³/mol. The van der Waals surface area contributed by atoms with E-state index < -0.39 is 0 Å². The lowest BCUT2D eigenvalue weighted by Crippen LogP contribution is -1.64. The second-order valence-electron chi connectivity index (χ2n) is 0.958. The van der Waals surface area contributed by atoms with E-state index in [1.165, 1.54) is 0 Å². The predicted octanol–water partition coefficient (Wildman–Crippen LogP) is 2.90. The van der Waals surface area contributed by atoms with E-state index in [9.17, 15) is 0 Å². The van der Waals surface area contributed by atoms with Crippen molar-refractivity contribution in [2.24, 2.45) is 0 Å². The molecular formula is C7H16N2S. The topological polar surface area (TPSA) is 25.8 Å². The zero-order valence-electron chi connectivity index (χ0n) is 7.38. The largest absolute Gasteiger partial charge is 0.147 e. The van der Waals surface area contributed by atoms with E-state index in [0.29, 0.717) is 0 Å². The minimum Gasteiger partial charge on any atom is -0.147 e. The summed E-state index contributed by atoms with van der Waals surface area (Å²) < 4.78 is 0. The molecule has 1 aromatic heterocycles. The van der Waals surface area contributed by atoms with Crippen molar-refractivity contribution in [1.29, 1.82) is 0 Å². The summed E-state index contributed by atoms with van der Waals surface area (Å²) in [5, 5.41) is 8.30. The van der Waals surface area contributed by atoms with E-state index >= 15 is 0 Å². The summed E-state index contributed by atoms with van der Waals surface area (Å²) in [6, 6.07) is 0. The van der Waals surface area contributed by atoms with Crippen LogP contribution in [0, 0.1) is 6.92 Å². The van der Waals surface area contributed by atoms with Gasteiger partial charge in [-0.25, -0.2) is 0 Å². The molecule has 2 nitrogen and oxygen atoms in total. The van der Waals surface area contributed by atoms with Crippen molar-refractivity contribution in [3.63, 3.8) is 0 Å². The van der Waals surface area contributed by atoms with Crippen molar-refractivity contribution < 1.29 is 0 Å². The minimum atomic E-state index is 1.02. The van der Waals surface area contributed by atoms with Crippen molar-refractivity contribution in [3.05, 3.63) is 10.5 Å². The van der Waals surface area contributed by atoms with Gasteiger partial charge in [-0.15, -0.1) is 21.5 Å². The summed E-state index contributed by atoms with van der Waals surface area (Å²) >= 11 is 1.56. The van der Waals surface area contributed by atoms with Gasteiger partial charge in [0.05, 0.1) is 0 Å². The number of nitrogens with zero attached hydrogens (tertiary/aromatic N) is 2. The fourth-order valence-electron chi connectivity index (χ4n) is 0.228. The quantitative estimate of drug-likeness (QED) is 0.583. The van der Waals surface area contributed by atoms with E-state index in [-0.39, 0.29) is 0 Å². The number of aryl methyl sites for hydroxylation is 1. The molecule has 1 heterocycles. The van der Waals surface area contributed by atoms with Gasteiger partial charge >= 0.3 is 0 Å². The zero-order chi connectivity index (χ0) is 8.41. The van der Waals surface area contributed by atoms with Crippen LogP contribution in [0.3, 0.4) is 0 Å². The Labute approximate surface area is 67.3 Å². The second kappa shape index (κ2) is 11.4. The Morgan fingerprint density at radius 1 is 1.20 bits per heavy atom. The van der Waals surface area contributed by atoms with E-state index in [1.54, 1.807) is 16.8 Å². The van der Waals surface area contributed by atoms with Gasteiger partial charge in [-0.3, -0.25) is 0 Å². The minimum absolute atomic E-state index is 1.02. The molecule has 0 saturated heterocycles. The molecule has 0 spiro atoms. The van der Waals surface area contributed by atoms with Crippen molar-refractivity contribution in [1.82, 2.24) is 10.2 Å². The van der Waals surface area contributed by atoms with Gasteiger partial charge in [0.2, 0.25) is 0 Å². The number of hydrogen-bond acceptors (Lipinski definition) is 3. The van der Waals surface area contributed by atoms with Gasteiger partial charge in [0.25, 0.3) is 0 Å². The molecule has 0 aromatic carbocycles. The van der Waals surface area contributed by atoms with Crippen LogP contribution in [0.2, 0.25) is 0 Å². The molecule has 0 N–H and O–H groups in total. The Kier molecular flexibility index (Phi) is 13.9. The SMILES string of the molecule is CC.CC.Cc1nncs1. The third kappa shape index (κ3) is 7.56. The van der Waals surface area contributed by atoms with Crippen LogP contribution >= 0.6 is 11.3 Å². The first-order valence-electron chi connectivity index (χ1n) is 3.62. The molecule has 0 unspecified atom stereocenters. The fraction of sp³-hybridized carbons (Fsp3) is 0.714. The first-order chi connectivity index (χ1) is 4.89.